The lowest BCUT2D eigenvalue weighted by atomic mass is 10.1. The van der Waals surface area contributed by atoms with E-state index >= 15 is 0 Å². The molecule has 0 fully saturated rings. The highest BCUT2D eigenvalue weighted by molar-refractivity contribution is 5.98. The molecule has 0 unspecified atom stereocenters. The molecule has 1 aliphatic heterocycles. The van der Waals surface area contributed by atoms with E-state index in [0.29, 0.717) is 12.1 Å². The van der Waals surface area contributed by atoms with Gasteiger partial charge < -0.3 is 10.0 Å². The monoisotopic (exact) mass is 181 g/mol. The zero-order valence-corrected chi connectivity index (χ0v) is 7.04. The quantitative estimate of drug-likeness (QED) is 0.651. The van der Waals surface area contributed by atoms with Crippen molar-refractivity contribution in [1.82, 2.24) is 4.90 Å². The maximum absolute atomic E-state index is 13.2. The molecule has 0 bridgehead atoms. The predicted octanol–water partition coefficient (Wildman–Crippen LogP) is 1.12. The van der Waals surface area contributed by atoms with Crippen LogP contribution in [0.2, 0.25) is 0 Å². The summed E-state index contributed by atoms with van der Waals surface area (Å²) in [5.74, 6) is -1.65. The van der Waals surface area contributed by atoms with Gasteiger partial charge in [-0.05, 0) is 11.6 Å². The number of nitrogens with zero attached hydrogens (tertiary/aromatic N) is 1. The molecule has 0 saturated heterocycles. The van der Waals surface area contributed by atoms with E-state index in [-0.39, 0.29) is 11.5 Å². The highest BCUT2D eigenvalue weighted by Crippen LogP contribution is 2.28. The lowest BCUT2D eigenvalue weighted by Gasteiger charge is -2.04. The minimum atomic E-state index is -0.813. The summed E-state index contributed by atoms with van der Waals surface area (Å²) >= 11 is 0. The minimum absolute atomic E-state index is 0.00231. The van der Waals surface area contributed by atoms with Gasteiger partial charge in [-0.3, -0.25) is 4.79 Å². The number of hydrogen-bond acceptors (Lipinski definition) is 2. The molecule has 4 heteroatoms. The predicted molar refractivity (Wildman–Crippen MR) is 43.9 cm³/mol. The standard InChI is InChI=1S/C9H8FNO2/c1-11-4-5-2-3-6(12)8(10)7(5)9(11)13/h2-3,12H,4H2,1H3. The second kappa shape index (κ2) is 2.45. The lowest BCUT2D eigenvalue weighted by molar-refractivity contribution is 0.0812. The zero-order valence-electron chi connectivity index (χ0n) is 7.04. The van der Waals surface area contributed by atoms with Crippen molar-refractivity contribution in [3.05, 3.63) is 29.1 Å². The summed E-state index contributed by atoms with van der Waals surface area (Å²) in [7, 11) is 1.60. The van der Waals surface area contributed by atoms with Gasteiger partial charge in [0.25, 0.3) is 5.91 Å². The molecule has 0 radical (unpaired) electrons. The Morgan fingerprint density at radius 1 is 1.54 bits per heavy atom. The van der Waals surface area contributed by atoms with Crippen molar-refractivity contribution in [2.24, 2.45) is 0 Å². The van der Waals surface area contributed by atoms with Crippen LogP contribution in [0.15, 0.2) is 12.1 Å². The van der Waals surface area contributed by atoms with Gasteiger partial charge in [-0.2, -0.15) is 0 Å². The Labute approximate surface area is 74.4 Å². The molecule has 1 aliphatic rings. The van der Waals surface area contributed by atoms with Crippen molar-refractivity contribution in [3.63, 3.8) is 0 Å². The van der Waals surface area contributed by atoms with Gasteiger partial charge in [0.15, 0.2) is 11.6 Å². The Morgan fingerprint density at radius 2 is 2.23 bits per heavy atom. The van der Waals surface area contributed by atoms with Gasteiger partial charge >= 0.3 is 0 Å². The van der Waals surface area contributed by atoms with Crippen molar-refractivity contribution >= 4 is 5.91 Å². The summed E-state index contributed by atoms with van der Waals surface area (Å²) in [6.45, 7) is 0.408. The van der Waals surface area contributed by atoms with Crippen molar-refractivity contribution in [2.75, 3.05) is 7.05 Å². The Bertz CT molecular complexity index is 389. The van der Waals surface area contributed by atoms with Crippen LogP contribution in [0.3, 0.4) is 0 Å². The van der Waals surface area contributed by atoms with Crippen molar-refractivity contribution < 1.29 is 14.3 Å². The maximum Gasteiger partial charge on any atom is 0.257 e. The number of halogens is 1. The van der Waals surface area contributed by atoms with Gasteiger partial charge in [0.05, 0.1) is 5.56 Å². The molecular formula is C9H8FNO2. The summed E-state index contributed by atoms with van der Waals surface area (Å²) in [5.41, 5.74) is 0.630. The summed E-state index contributed by atoms with van der Waals surface area (Å²) in [4.78, 5) is 12.8. The van der Waals surface area contributed by atoms with Crippen molar-refractivity contribution in [3.8, 4) is 5.75 Å². The second-order valence-corrected chi connectivity index (χ2v) is 3.09. The molecular weight excluding hydrogens is 173 g/mol. The first-order chi connectivity index (χ1) is 6.11. The van der Waals surface area contributed by atoms with Gasteiger partial charge in [-0.25, -0.2) is 4.39 Å². The van der Waals surface area contributed by atoms with Crippen LogP contribution < -0.4 is 0 Å². The van der Waals surface area contributed by atoms with Gasteiger partial charge in [0, 0.05) is 13.6 Å². The topological polar surface area (TPSA) is 40.5 Å². The van der Waals surface area contributed by atoms with Crippen LogP contribution in [0.1, 0.15) is 15.9 Å². The molecule has 13 heavy (non-hydrogen) atoms. The van der Waals surface area contributed by atoms with E-state index in [1.807, 2.05) is 0 Å². The van der Waals surface area contributed by atoms with Gasteiger partial charge in [-0.1, -0.05) is 6.07 Å². The molecule has 1 heterocycles. The number of carbonyl (C=O) groups is 1. The van der Waals surface area contributed by atoms with Crippen molar-refractivity contribution in [2.45, 2.75) is 6.54 Å². The van der Waals surface area contributed by atoms with E-state index in [9.17, 15) is 9.18 Å². The lowest BCUT2D eigenvalue weighted by Crippen LogP contribution is -2.18. The Morgan fingerprint density at radius 3 is 2.92 bits per heavy atom. The molecule has 3 nitrogen and oxygen atoms in total. The highest BCUT2D eigenvalue weighted by Gasteiger charge is 2.29. The number of amides is 1. The van der Waals surface area contributed by atoms with Crippen LogP contribution in [0.4, 0.5) is 4.39 Å². The maximum atomic E-state index is 13.2. The average molecular weight is 181 g/mol. The third kappa shape index (κ3) is 0.983. The van der Waals surface area contributed by atoms with E-state index in [2.05, 4.69) is 0 Å². The third-order valence-corrected chi connectivity index (χ3v) is 2.18. The molecule has 1 amide bonds. The Balaban J connectivity index is 2.66. The number of phenols is 1. The fourth-order valence-corrected chi connectivity index (χ4v) is 1.49. The SMILES string of the molecule is CN1Cc2ccc(O)c(F)c2C1=O. The summed E-state index contributed by atoms with van der Waals surface area (Å²) in [5, 5.41) is 9.04. The number of benzene rings is 1. The summed E-state index contributed by atoms with van der Waals surface area (Å²) in [6, 6.07) is 2.83. The van der Waals surface area contributed by atoms with E-state index < -0.39 is 11.6 Å². The molecule has 0 atom stereocenters. The zero-order chi connectivity index (χ0) is 9.59. The van der Waals surface area contributed by atoms with Crippen LogP contribution in [0.25, 0.3) is 0 Å². The first-order valence-corrected chi connectivity index (χ1v) is 3.87. The summed E-state index contributed by atoms with van der Waals surface area (Å²) in [6.07, 6.45) is 0. The largest absolute Gasteiger partial charge is 0.505 e. The molecule has 0 aliphatic carbocycles. The van der Waals surface area contributed by atoms with Crippen LogP contribution in [0.5, 0.6) is 5.75 Å². The minimum Gasteiger partial charge on any atom is -0.505 e. The molecule has 2 rings (SSSR count). The number of phenolic OH excluding ortho intramolecular Hbond substituents is 1. The van der Waals surface area contributed by atoms with Crippen LogP contribution in [-0.4, -0.2) is 23.0 Å². The Hall–Kier alpha value is -1.58. The first-order valence-electron chi connectivity index (χ1n) is 3.87. The normalized spacial score (nSPS) is 14.9. The fraction of sp³-hybridized carbons (Fsp3) is 0.222. The number of rotatable bonds is 0. The molecule has 0 spiro atoms. The van der Waals surface area contributed by atoms with E-state index in [0.717, 1.165) is 0 Å². The number of aromatic hydroxyl groups is 1. The van der Waals surface area contributed by atoms with Crippen LogP contribution >= 0.6 is 0 Å². The second-order valence-electron chi connectivity index (χ2n) is 3.09. The van der Waals surface area contributed by atoms with Gasteiger partial charge in [-0.15, -0.1) is 0 Å². The molecule has 1 aromatic carbocycles. The molecule has 0 aromatic heterocycles. The first kappa shape index (κ1) is 8.04. The van der Waals surface area contributed by atoms with Crippen molar-refractivity contribution in [1.29, 1.82) is 0 Å². The number of hydrogen-bond donors (Lipinski definition) is 1. The summed E-state index contributed by atoms with van der Waals surface area (Å²) < 4.78 is 13.2. The van der Waals surface area contributed by atoms with Crippen LogP contribution in [-0.2, 0) is 6.54 Å². The smallest absolute Gasteiger partial charge is 0.257 e. The molecule has 0 saturated carbocycles. The van der Waals surface area contributed by atoms with Crippen LogP contribution in [0, 0.1) is 5.82 Å². The van der Waals surface area contributed by atoms with Gasteiger partial charge in [0.1, 0.15) is 0 Å². The Kier molecular flexibility index (Phi) is 1.52. The molecule has 68 valence electrons. The van der Waals surface area contributed by atoms with Gasteiger partial charge in [0.2, 0.25) is 0 Å². The number of carbonyl (C=O) groups excluding carboxylic acids is 1. The third-order valence-electron chi connectivity index (χ3n) is 2.18. The highest BCUT2D eigenvalue weighted by atomic mass is 19.1. The molecule has 1 N–H and O–H groups in total. The average Bonchev–Trinajstić information content (AvgIpc) is 2.37. The fourth-order valence-electron chi connectivity index (χ4n) is 1.49. The van der Waals surface area contributed by atoms with E-state index in [4.69, 9.17) is 5.11 Å². The van der Waals surface area contributed by atoms with E-state index in [1.165, 1.54) is 11.0 Å². The van der Waals surface area contributed by atoms with E-state index in [1.54, 1.807) is 13.1 Å². The molecule has 1 aromatic rings. The number of fused-ring (bicyclic) bond motifs is 1.